The van der Waals surface area contributed by atoms with Crippen LogP contribution in [0, 0.1) is 18.3 Å². The summed E-state index contributed by atoms with van der Waals surface area (Å²) in [7, 11) is 0. The number of hydrogen-bond acceptors (Lipinski definition) is 3. The highest BCUT2D eigenvalue weighted by atomic mass is 19.3. The van der Waals surface area contributed by atoms with E-state index in [1.807, 2.05) is 0 Å². The molecule has 0 radical (unpaired) electrons. The second-order valence-corrected chi connectivity index (χ2v) is 2.44. The number of hydrogen-bond donors (Lipinski definition) is 1. The standard InChI is InChI=1S/C8H6F2N2O/c1-4-6(13)2-5(3-11)7(12-4)8(9)10/h2,8,13H,1H3. The van der Waals surface area contributed by atoms with Crippen molar-refractivity contribution >= 4 is 0 Å². The van der Waals surface area contributed by atoms with E-state index < -0.39 is 12.1 Å². The van der Waals surface area contributed by atoms with Crippen LogP contribution in [-0.2, 0) is 0 Å². The predicted molar refractivity (Wildman–Crippen MR) is 40.3 cm³/mol. The van der Waals surface area contributed by atoms with Crippen molar-refractivity contribution < 1.29 is 13.9 Å². The monoisotopic (exact) mass is 184 g/mol. The molecule has 0 atom stereocenters. The summed E-state index contributed by atoms with van der Waals surface area (Å²) in [5.41, 5.74) is -0.787. The third kappa shape index (κ3) is 1.72. The van der Waals surface area contributed by atoms with Gasteiger partial charge in [0.05, 0.1) is 11.3 Å². The van der Waals surface area contributed by atoms with Crippen molar-refractivity contribution in [3.63, 3.8) is 0 Å². The minimum absolute atomic E-state index is 0.0919. The van der Waals surface area contributed by atoms with Gasteiger partial charge < -0.3 is 5.11 Å². The predicted octanol–water partition coefficient (Wildman–Crippen LogP) is 1.90. The smallest absolute Gasteiger partial charge is 0.281 e. The van der Waals surface area contributed by atoms with Crippen LogP contribution in [0.25, 0.3) is 0 Å². The zero-order chi connectivity index (χ0) is 10.0. The molecule has 1 aromatic heterocycles. The molecule has 0 aliphatic heterocycles. The Bertz CT molecular complexity index is 371. The lowest BCUT2D eigenvalue weighted by Gasteiger charge is -2.04. The van der Waals surface area contributed by atoms with Gasteiger partial charge in [-0.05, 0) is 6.92 Å². The Kier molecular flexibility index (Phi) is 2.42. The largest absolute Gasteiger partial charge is 0.506 e. The van der Waals surface area contributed by atoms with Gasteiger partial charge in [-0.15, -0.1) is 0 Å². The number of aromatic hydroxyl groups is 1. The van der Waals surface area contributed by atoms with Gasteiger partial charge in [-0.3, -0.25) is 0 Å². The number of rotatable bonds is 1. The Morgan fingerprint density at radius 1 is 1.62 bits per heavy atom. The summed E-state index contributed by atoms with van der Waals surface area (Å²) >= 11 is 0. The van der Waals surface area contributed by atoms with Crippen molar-refractivity contribution in [1.82, 2.24) is 4.98 Å². The Balaban J connectivity index is 3.35. The Morgan fingerprint density at radius 2 is 2.23 bits per heavy atom. The van der Waals surface area contributed by atoms with Gasteiger partial charge in [0.25, 0.3) is 6.43 Å². The molecule has 0 amide bonds. The molecule has 1 aromatic rings. The highest BCUT2D eigenvalue weighted by Gasteiger charge is 2.16. The lowest BCUT2D eigenvalue weighted by Crippen LogP contribution is -1.97. The number of nitriles is 1. The molecule has 0 saturated heterocycles. The van der Waals surface area contributed by atoms with Gasteiger partial charge in [0.2, 0.25) is 0 Å². The number of halogens is 2. The topological polar surface area (TPSA) is 56.9 Å². The van der Waals surface area contributed by atoms with Crippen LogP contribution in [0.4, 0.5) is 8.78 Å². The molecule has 1 heterocycles. The van der Waals surface area contributed by atoms with Gasteiger partial charge in [-0.2, -0.15) is 5.26 Å². The summed E-state index contributed by atoms with van der Waals surface area (Å²) in [5, 5.41) is 17.5. The van der Waals surface area contributed by atoms with Crippen molar-refractivity contribution in [2.75, 3.05) is 0 Å². The molecule has 1 rings (SSSR count). The molecule has 0 unspecified atom stereocenters. The average molecular weight is 184 g/mol. The van der Waals surface area contributed by atoms with E-state index in [9.17, 15) is 8.78 Å². The van der Waals surface area contributed by atoms with Crippen LogP contribution in [0.1, 0.15) is 23.4 Å². The summed E-state index contributed by atoms with van der Waals surface area (Å²) in [5.74, 6) is -0.249. The van der Waals surface area contributed by atoms with E-state index in [4.69, 9.17) is 10.4 Å². The summed E-state index contributed by atoms with van der Waals surface area (Å²) in [6, 6.07) is 2.53. The van der Waals surface area contributed by atoms with Crippen LogP contribution in [0.3, 0.4) is 0 Å². The minimum atomic E-state index is -2.80. The van der Waals surface area contributed by atoms with Gasteiger partial charge in [0.1, 0.15) is 17.5 Å². The van der Waals surface area contributed by atoms with E-state index in [1.165, 1.54) is 6.92 Å². The number of nitrogens with zero attached hydrogens (tertiary/aromatic N) is 2. The second-order valence-electron chi connectivity index (χ2n) is 2.44. The maximum absolute atomic E-state index is 12.2. The van der Waals surface area contributed by atoms with Gasteiger partial charge in [0.15, 0.2) is 0 Å². The van der Waals surface area contributed by atoms with Gasteiger partial charge >= 0.3 is 0 Å². The van der Waals surface area contributed by atoms with Crippen LogP contribution in [0.5, 0.6) is 5.75 Å². The zero-order valence-electron chi connectivity index (χ0n) is 6.75. The molecule has 5 heteroatoms. The molecule has 0 spiro atoms. The molecular formula is C8H6F2N2O. The fourth-order valence-corrected chi connectivity index (χ4v) is 0.869. The summed E-state index contributed by atoms with van der Waals surface area (Å²) < 4.78 is 24.5. The summed E-state index contributed by atoms with van der Waals surface area (Å²) in [6.45, 7) is 1.39. The molecule has 0 saturated carbocycles. The van der Waals surface area contributed by atoms with Crippen molar-refractivity contribution in [1.29, 1.82) is 5.26 Å². The van der Waals surface area contributed by atoms with Crippen molar-refractivity contribution in [3.05, 3.63) is 23.0 Å². The summed E-state index contributed by atoms with van der Waals surface area (Å²) in [4.78, 5) is 3.42. The molecular weight excluding hydrogens is 178 g/mol. The van der Waals surface area contributed by atoms with Crippen molar-refractivity contribution in [3.8, 4) is 11.8 Å². The van der Waals surface area contributed by atoms with E-state index in [-0.39, 0.29) is 17.0 Å². The Morgan fingerprint density at radius 3 is 2.69 bits per heavy atom. The average Bonchev–Trinajstić information content (AvgIpc) is 2.08. The first-order valence-electron chi connectivity index (χ1n) is 3.45. The molecule has 68 valence electrons. The number of aryl methyl sites for hydroxylation is 1. The maximum atomic E-state index is 12.2. The fraction of sp³-hybridized carbons (Fsp3) is 0.250. The number of pyridine rings is 1. The molecule has 0 aliphatic carbocycles. The highest BCUT2D eigenvalue weighted by molar-refractivity contribution is 5.41. The van der Waals surface area contributed by atoms with Gasteiger partial charge in [-0.1, -0.05) is 0 Å². The van der Waals surface area contributed by atoms with Crippen molar-refractivity contribution in [2.24, 2.45) is 0 Å². The zero-order valence-corrected chi connectivity index (χ0v) is 6.75. The first kappa shape index (κ1) is 9.39. The first-order chi connectivity index (χ1) is 6.06. The SMILES string of the molecule is Cc1nc(C(F)F)c(C#N)cc1O. The van der Waals surface area contributed by atoms with Crippen LogP contribution < -0.4 is 0 Å². The van der Waals surface area contributed by atoms with Crippen LogP contribution in [0.15, 0.2) is 6.07 Å². The van der Waals surface area contributed by atoms with Gasteiger partial charge in [-0.25, -0.2) is 13.8 Å². The fourth-order valence-electron chi connectivity index (χ4n) is 0.869. The first-order valence-corrected chi connectivity index (χ1v) is 3.45. The van der Waals surface area contributed by atoms with Crippen LogP contribution >= 0.6 is 0 Å². The molecule has 3 nitrogen and oxygen atoms in total. The van der Waals surface area contributed by atoms with Crippen molar-refractivity contribution in [2.45, 2.75) is 13.3 Å². The van der Waals surface area contributed by atoms with E-state index in [1.54, 1.807) is 6.07 Å². The van der Waals surface area contributed by atoms with E-state index >= 15 is 0 Å². The normalized spacial score (nSPS) is 10.1. The van der Waals surface area contributed by atoms with E-state index in [0.717, 1.165) is 6.07 Å². The third-order valence-corrected chi connectivity index (χ3v) is 1.54. The molecule has 0 fully saturated rings. The molecule has 0 aromatic carbocycles. The van der Waals surface area contributed by atoms with E-state index in [0.29, 0.717) is 0 Å². The maximum Gasteiger partial charge on any atom is 0.281 e. The quantitative estimate of drug-likeness (QED) is 0.725. The van der Waals surface area contributed by atoms with Crippen LogP contribution in [-0.4, -0.2) is 10.1 Å². The third-order valence-electron chi connectivity index (χ3n) is 1.54. The molecule has 1 N–H and O–H groups in total. The lowest BCUT2D eigenvalue weighted by molar-refractivity contribution is 0.145. The molecule has 13 heavy (non-hydrogen) atoms. The second kappa shape index (κ2) is 3.35. The number of aromatic nitrogens is 1. The van der Waals surface area contributed by atoms with Gasteiger partial charge in [0, 0.05) is 6.07 Å². The van der Waals surface area contributed by atoms with E-state index in [2.05, 4.69) is 4.98 Å². The lowest BCUT2D eigenvalue weighted by atomic mass is 10.2. The summed E-state index contributed by atoms with van der Waals surface area (Å²) in [6.07, 6.45) is -2.80. The molecule has 0 bridgehead atoms. The number of alkyl halides is 2. The highest BCUT2D eigenvalue weighted by Crippen LogP contribution is 2.25. The Labute approximate surface area is 73.3 Å². The van der Waals surface area contributed by atoms with Crippen LogP contribution in [0.2, 0.25) is 0 Å². The Hall–Kier alpha value is -1.70. The molecule has 0 aliphatic rings. The minimum Gasteiger partial charge on any atom is -0.506 e.